The maximum absolute atomic E-state index is 12.1. The summed E-state index contributed by atoms with van der Waals surface area (Å²) in [4.78, 5) is 17.9. The van der Waals surface area contributed by atoms with Gasteiger partial charge in [0.15, 0.2) is 0 Å². The van der Waals surface area contributed by atoms with Gasteiger partial charge in [0.25, 0.3) is 5.91 Å². The summed E-state index contributed by atoms with van der Waals surface area (Å²) in [7, 11) is 0. The Balaban J connectivity index is 2.98. The van der Waals surface area contributed by atoms with Crippen LogP contribution in [0.15, 0.2) is 22.8 Å². The average Bonchev–Trinajstić information content (AvgIpc) is 2.18. The number of halogens is 1. The van der Waals surface area contributed by atoms with Crippen LogP contribution in [0.3, 0.4) is 0 Å². The van der Waals surface area contributed by atoms with E-state index in [0.29, 0.717) is 12.2 Å². The fraction of sp³-hybridized carbons (Fsp3) is 0.455. The molecular formula is C11H15BrN2O. The van der Waals surface area contributed by atoms with Crippen LogP contribution in [0, 0.1) is 0 Å². The molecule has 4 heteroatoms. The molecule has 0 unspecified atom stereocenters. The van der Waals surface area contributed by atoms with Crippen molar-refractivity contribution in [2.75, 3.05) is 6.54 Å². The minimum Gasteiger partial charge on any atom is -0.335 e. The molecule has 0 aliphatic heterocycles. The van der Waals surface area contributed by atoms with Crippen molar-refractivity contribution in [2.45, 2.75) is 26.8 Å². The van der Waals surface area contributed by atoms with Crippen molar-refractivity contribution < 1.29 is 4.79 Å². The number of hydrogen-bond donors (Lipinski definition) is 0. The first-order valence-electron chi connectivity index (χ1n) is 4.99. The van der Waals surface area contributed by atoms with Crippen LogP contribution in [-0.4, -0.2) is 28.4 Å². The first kappa shape index (κ1) is 12.2. The number of hydrogen-bond acceptors (Lipinski definition) is 2. The van der Waals surface area contributed by atoms with E-state index in [4.69, 9.17) is 0 Å². The van der Waals surface area contributed by atoms with Crippen molar-refractivity contribution in [1.29, 1.82) is 0 Å². The van der Waals surface area contributed by atoms with E-state index >= 15 is 0 Å². The summed E-state index contributed by atoms with van der Waals surface area (Å²) >= 11 is 3.33. The Morgan fingerprint density at radius 3 is 2.73 bits per heavy atom. The van der Waals surface area contributed by atoms with Gasteiger partial charge in [-0.15, -0.1) is 0 Å². The number of aromatic nitrogens is 1. The molecule has 0 aliphatic carbocycles. The first-order valence-corrected chi connectivity index (χ1v) is 5.78. The second-order valence-electron chi connectivity index (χ2n) is 3.52. The number of rotatable bonds is 3. The number of nitrogens with zero attached hydrogens (tertiary/aromatic N) is 2. The van der Waals surface area contributed by atoms with Gasteiger partial charge in [-0.1, -0.05) is 0 Å². The van der Waals surface area contributed by atoms with Gasteiger partial charge in [-0.25, -0.2) is 4.98 Å². The summed E-state index contributed by atoms with van der Waals surface area (Å²) in [6.07, 6.45) is 1.63. The molecule has 15 heavy (non-hydrogen) atoms. The summed E-state index contributed by atoms with van der Waals surface area (Å²) in [6, 6.07) is 3.82. The number of carbonyl (C=O) groups is 1. The standard InChI is InChI=1S/C11H15BrN2O/c1-4-14(8(2)3)11(15)10-9(12)6-5-7-13-10/h5-8H,4H2,1-3H3. The molecule has 0 bridgehead atoms. The topological polar surface area (TPSA) is 33.2 Å². The molecular weight excluding hydrogens is 256 g/mol. The van der Waals surface area contributed by atoms with Gasteiger partial charge in [-0.2, -0.15) is 0 Å². The second-order valence-corrected chi connectivity index (χ2v) is 4.37. The van der Waals surface area contributed by atoms with Crippen LogP contribution in [0.25, 0.3) is 0 Å². The summed E-state index contributed by atoms with van der Waals surface area (Å²) < 4.78 is 0.745. The number of pyridine rings is 1. The van der Waals surface area contributed by atoms with Crippen molar-refractivity contribution >= 4 is 21.8 Å². The molecule has 1 amide bonds. The van der Waals surface area contributed by atoms with Crippen molar-refractivity contribution in [2.24, 2.45) is 0 Å². The largest absolute Gasteiger partial charge is 0.335 e. The van der Waals surface area contributed by atoms with Crippen LogP contribution in [-0.2, 0) is 0 Å². The number of amides is 1. The summed E-state index contributed by atoms with van der Waals surface area (Å²) in [5.41, 5.74) is 0.480. The predicted octanol–water partition coefficient (Wildman–Crippen LogP) is 2.71. The Morgan fingerprint density at radius 1 is 1.60 bits per heavy atom. The molecule has 1 heterocycles. The third kappa shape index (κ3) is 2.78. The lowest BCUT2D eigenvalue weighted by Crippen LogP contribution is -2.37. The monoisotopic (exact) mass is 270 g/mol. The highest BCUT2D eigenvalue weighted by Crippen LogP contribution is 2.16. The lowest BCUT2D eigenvalue weighted by atomic mass is 10.2. The fourth-order valence-electron chi connectivity index (χ4n) is 1.42. The molecule has 0 spiro atoms. The normalized spacial score (nSPS) is 10.5. The third-order valence-corrected chi connectivity index (χ3v) is 2.83. The highest BCUT2D eigenvalue weighted by molar-refractivity contribution is 9.10. The fourth-order valence-corrected chi connectivity index (χ4v) is 1.85. The van der Waals surface area contributed by atoms with Crippen molar-refractivity contribution in [3.05, 3.63) is 28.5 Å². The van der Waals surface area contributed by atoms with Crippen LogP contribution in [0.4, 0.5) is 0 Å². The molecule has 1 aromatic rings. The van der Waals surface area contributed by atoms with Gasteiger partial charge >= 0.3 is 0 Å². The third-order valence-electron chi connectivity index (χ3n) is 2.19. The quantitative estimate of drug-likeness (QED) is 0.846. The molecule has 0 radical (unpaired) electrons. The summed E-state index contributed by atoms with van der Waals surface area (Å²) in [5.74, 6) is -0.0278. The minimum absolute atomic E-state index is 0.0278. The van der Waals surface area contributed by atoms with E-state index in [-0.39, 0.29) is 11.9 Å². The molecule has 0 fully saturated rings. The smallest absolute Gasteiger partial charge is 0.273 e. The van der Waals surface area contributed by atoms with Gasteiger partial charge in [0, 0.05) is 23.3 Å². The molecule has 0 aliphatic rings. The van der Waals surface area contributed by atoms with E-state index in [1.165, 1.54) is 0 Å². The predicted molar refractivity (Wildman–Crippen MR) is 63.8 cm³/mol. The van der Waals surface area contributed by atoms with Crippen LogP contribution in [0.2, 0.25) is 0 Å². The first-order chi connectivity index (χ1) is 7.07. The van der Waals surface area contributed by atoms with Gasteiger partial charge in [-0.3, -0.25) is 4.79 Å². The highest BCUT2D eigenvalue weighted by atomic mass is 79.9. The lowest BCUT2D eigenvalue weighted by Gasteiger charge is -2.24. The van der Waals surface area contributed by atoms with E-state index < -0.39 is 0 Å². The van der Waals surface area contributed by atoms with E-state index in [2.05, 4.69) is 20.9 Å². The molecule has 1 rings (SSSR count). The maximum Gasteiger partial charge on any atom is 0.273 e. The van der Waals surface area contributed by atoms with Crippen LogP contribution in [0.5, 0.6) is 0 Å². The van der Waals surface area contributed by atoms with Crippen molar-refractivity contribution in [1.82, 2.24) is 9.88 Å². The minimum atomic E-state index is -0.0278. The average molecular weight is 271 g/mol. The highest BCUT2D eigenvalue weighted by Gasteiger charge is 2.19. The van der Waals surface area contributed by atoms with Gasteiger partial charge in [0.05, 0.1) is 0 Å². The Bertz CT molecular complexity index is 352. The Kier molecular flexibility index (Phi) is 4.27. The van der Waals surface area contributed by atoms with E-state index in [1.807, 2.05) is 26.8 Å². The van der Waals surface area contributed by atoms with E-state index in [9.17, 15) is 4.79 Å². The van der Waals surface area contributed by atoms with Gasteiger partial charge in [0.1, 0.15) is 5.69 Å². The zero-order valence-electron chi connectivity index (χ0n) is 9.20. The molecule has 3 nitrogen and oxygen atoms in total. The van der Waals surface area contributed by atoms with E-state index in [0.717, 1.165) is 4.47 Å². The molecule has 0 N–H and O–H groups in total. The zero-order chi connectivity index (χ0) is 11.4. The molecule has 0 aromatic carbocycles. The van der Waals surface area contributed by atoms with Crippen molar-refractivity contribution in [3.63, 3.8) is 0 Å². The molecule has 0 saturated carbocycles. The Hall–Kier alpha value is -0.900. The van der Waals surface area contributed by atoms with Crippen molar-refractivity contribution in [3.8, 4) is 0 Å². The lowest BCUT2D eigenvalue weighted by molar-refractivity contribution is 0.0710. The van der Waals surface area contributed by atoms with Crippen LogP contribution >= 0.6 is 15.9 Å². The zero-order valence-corrected chi connectivity index (χ0v) is 10.8. The SMILES string of the molecule is CCN(C(=O)c1ncccc1Br)C(C)C. The molecule has 0 atom stereocenters. The number of carbonyl (C=O) groups excluding carboxylic acids is 1. The van der Waals surface area contributed by atoms with Gasteiger partial charge < -0.3 is 4.90 Å². The van der Waals surface area contributed by atoms with E-state index in [1.54, 1.807) is 17.2 Å². The van der Waals surface area contributed by atoms with Gasteiger partial charge in [0.2, 0.25) is 0 Å². The summed E-state index contributed by atoms with van der Waals surface area (Å²) in [5, 5.41) is 0. The maximum atomic E-state index is 12.1. The van der Waals surface area contributed by atoms with Crippen LogP contribution in [0.1, 0.15) is 31.3 Å². The van der Waals surface area contributed by atoms with Gasteiger partial charge in [-0.05, 0) is 48.8 Å². The van der Waals surface area contributed by atoms with Crippen LogP contribution < -0.4 is 0 Å². The molecule has 82 valence electrons. The Labute approximate surface area is 98.6 Å². The summed E-state index contributed by atoms with van der Waals surface area (Å²) in [6.45, 7) is 6.66. The second kappa shape index (κ2) is 5.26. The molecule has 0 saturated heterocycles. The Morgan fingerprint density at radius 2 is 2.27 bits per heavy atom. The molecule has 1 aromatic heterocycles.